The highest BCUT2D eigenvalue weighted by atomic mass is 19.1. The molecule has 2 aromatic heterocycles. The second-order valence-corrected chi connectivity index (χ2v) is 7.13. The van der Waals surface area contributed by atoms with Crippen molar-refractivity contribution in [1.29, 1.82) is 0 Å². The van der Waals surface area contributed by atoms with Gasteiger partial charge >= 0.3 is 0 Å². The van der Waals surface area contributed by atoms with E-state index in [1.54, 1.807) is 12.4 Å². The first-order valence-corrected chi connectivity index (χ1v) is 9.02. The van der Waals surface area contributed by atoms with Gasteiger partial charge in [-0.3, -0.25) is 9.78 Å². The predicted octanol–water partition coefficient (Wildman–Crippen LogP) is 3.92. The lowest BCUT2D eigenvalue weighted by molar-refractivity contribution is 0.0780. The molecular formula is C20H20F2N4O. The molecule has 0 aliphatic carbocycles. The molecule has 1 unspecified atom stereocenters. The Morgan fingerprint density at radius 3 is 2.67 bits per heavy atom. The molecule has 1 aliphatic heterocycles. The van der Waals surface area contributed by atoms with Gasteiger partial charge in [-0.2, -0.15) is 0 Å². The van der Waals surface area contributed by atoms with Crippen molar-refractivity contribution in [1.82, 2.24) is 19.4 Å². The number of hydrogen-bond donors (Lipinski definition) is 0. The fraction of sp³-hybridized carbons (Fsp3) is 0.350. The molecule has 7 heteroatoms. The van der Waals surface area contributed by atoms with Crippen molar-refractivity contribution < 1.29 is 13.6 Å². The first-order chi connectivity index (χ1) is 13.0. The second kappa shape index (κ2) is 6.72. The summed E-state index contributed by atoms with van der Waals surface area (Å²) in [7, 11) is 0. The number of pyridine rings is 1. The van der Waals surface area contributed by atoms with E-state index in [1.807, 2.05) is 6.07 Å². The number of halogens is 2. The summed E-state index contributed by atoms with van der Waals surface area (Å²) in [4.78, 5) is 23.1. The van der Waals surface area contributed by atoms with Gasteiger partial charge in [0, 0.05) is 31.2 Å². The van der Waals surface area contributed by atoms with Crippen LogP contribution in [-0.4, -0.2) is 38.4 Å². The van der Waals surface area contributed by atoms with Crippen LogP contribution in [0.5, 0.6) is 0 Å². The summed E-state index contributed by atoms with van der Waals surface area (Å²) in [5.41, 5.74) is 1.32. The van der Waals surface area contributed by atoms with Crippen LogP contribution in [-0.2, 0) is 0 Å². The van der Waals surface area contributed by atoms with Crippen LogP contribution in [0.25, 0.3) is 11.0 Å². The van der Waals surface area contributed by atoms with Crippen LogP contribution in [0.1, 0.15) is 48.4 Å². The Bertz CT molecular complexity index is 994. The third kappa shape index (κ3) is 2.97. The minimum Gasteiger partial charge on any atom is -0.338 e. The van der Waals surface area contributed by atoms with E-state index < -0.39 is 23.1 Å². The van der Waals surface area contributed by atoms with Gasteiger partial charge < -0.3 is 9.47 Å². The van der Waals surface area contributed by atoms with Crippen molar-refractivity contribution >= 4 is 16.9 Å². The Labute approximate surface area is 155 Å². The first kappa shape index (κ1) is 17.6. The number of amides is 1. The molecule has 140 valence electrons. The average molecular weight is 370 g/mol. The zero-order valence-corrected chi connectivity index (χ0v) is 15.2. The summed E-state index contributed by atoms with van der Waals surface area (Å²) in [6, 6.07) is 5.52. The van der Waals surface area contributed by atoms with E-state index in [-0.39, 0.29) is 12.0 Å². The van der Waals surface area contributed by atoms with Crippen molar-refractivity contribution in [3.63, 3.8) is 0 Å². The third-order valence-electron chi connectivity index (χ3n) is 5.05. The van der Waals surface area contributed by atoms with Crippen LogP contribution in [0.15, 0.2) is 36.7 Å². The van der Waals surface area contributed by atoms with E-state index in [0.29, 0.717) is 19.5 Å². The lowest BCUT2D eigenvalue weighted by Gasteiger charge is -2.19. The van der Waals surface area contributed by atoms with Gasteiger partial charge in [-0.15, -0.1) is 0 Å². The number of rotatable bonds is 3. The molecule has 3 heterocycles. The van der Waals surface area contributed by atoms with E-state index in [9.17, 15) is 13.6 Å². The highest BCUT2D eigenvalue weighted by Crippen LogP contribution is 2.32. The van der Waals surface area contributed by atoms with Crippen molar-refractivity contribution in [2.24, 2.45) is 0 Å². The van der Waals surface area contributed by atoms with Gasteiger partial charge in [-0.1, -0.05) is 6.07 Å². The van der Waals surface area contributed by atoms with Gasteiger partial charge in [-0.25, -0.2) is 13.8 Å². The van der Waals surface area contributed by atoms with Crippen LogP contribution in [0.3, 0.4) is 0 Å². The van der Waals surface area contributed by atoms with Gasteiger partial charge in [-0.05, 0) is 38.5 Å². The van der Waals surface area contributed by atoms with Crippen molar-refractivity contribution in [3.8, 4) is 0 Å². The number of likely N-dealkylation sites (tertiary alicyclic amines) is 1. The number of aromatic nitrogens is 3. The molecule has 0 spiro atoms. The smallest absolute Gasteiger partial charge is 0.259 e. The Morgan fingerprint density at radius 1 is 1.22 bits per heavy atom. The Kier molecular flexibility index (Phi) is 4.37. The molecule has 1 aliphatic rings. The van der Waals surface area contributed by atoms with E-state index in [0.717, 1.165) is 29.0 Å². The first-order valence-electron chi connectivity index (χ1n) is 9.02. The summed E-state index contributed by atoms with van der Waals surface area (Å²) >= 11 is 0. The van der Waals surface area contributed by atoms with Gasteiger partial charge in [0.25, 0.3) is 5.91 Å². The largest absolute Gasteiger partial charge is 0.338 e. The number of imidazole rings is 1. The molecule has 0 bridgehead atoms. The van der Waals surface area contributed by atoms with Gasteiger partial charge in [0.2, 0.25) is 0 Å². The van der Waals surface area contributed by atoms with Crippen LogP contribution in [0.2, 0.25) is 0 Å². The van der Waals surface area contributed by atoms with Gasteiger partial charge in [0.15, 0.2) is 0 Å². The molecule has 1 amide bonds. The van der Waals surface area contributed by atoms with Crippen LogP contribution >= 0.6 is 0 Å². The molecule has 0 saturated carbocycles. The molecule has 0 N–H and O–H groups in total. The Balaban J connectivity index is 1.65. The number of hydrogen-bond acceptors (Lipinski definition) is 3. The molecular weight excluding hydrogens is 350 g/mol. The number of fused-ring (bicyclic) bond motifs is 1. The Morgan fingerprint density at radius 2 is 1.96 bits per heavy atom. The maximum atomic E-state index is 14.0. The zero-order valence-electron chi connectivity index (χ0n) is 15.2. The average Bonchev–Trinajstić information content (AvgIpc) is 3.26. The molecule has 5 nitrogen and oxygen atoms in total. The summed E-state index contributed by atoms with van der Waals surface area (Å²) in [5.74, 6) is -1.37. The minimum atomic E-state index is -0.830. The molecule has 0 radical (unpaired) electrons. The topological polar surface area (TPSA) is 51.0 Å². The van der Waals surface area contributed by atoms with Crippen LogP contribution in [0, 0.1) is 11.6 Å². The summed E-state index contributed by atoms with van der Waals surface area (Å²) in [6.45, 7) is 4.97. The van der Waals surface area contributed by atoms with Crippen molar-refractivity contribution in [2.75, 3.05) is 13.1 Å². The number of benzene rings is 1. The van der Waals surface area contributed by atoms with Gasteiger partial charge in [0.1, 0.15) is 23.0 Å². The Hall–Kier alpha value is -2.83. The molecule has 1 atom stereocenters. The summed E-state index contributed by atoms with van der Waals surface area (Å²) in [5, 5.41) is 0. The third-order valence-corrected chi connectivity index (χ3v) is 5.05. The fourth-order valence-electron chi connectivity index (χ4n) is 3.81. The fourth-order valence-corrected chi connectivity index (χ4v) is 3.81. The minimum absolute atomic E-state index is 0.0126. The quantitative estimate of drug-likeness (QED) is 0.702. The normalized spacial score (nSPS) is 17.2. The van der Waals surface area contributed by atoms with E-state index in [2.05, 4.69) is 23.4 Å². The molecule has 1 fully saturated rings. The molecule has 1 aromatic carbocycles. The maximum absolute atomic E-state index is 14.0. The van der Waals surface area contributed by atoms with Crippen LogP contribution < -0.4 is 0 Å². The van der Waals surface area contributed by atoms with Crippen molar-refractivity contribution in [3.05, 3.63) is 59.7 Å². The number of carbonyl (C=O) groups excluding carboxylic acids is 1. The molecule has 1 saturated heterocycles. The van der Waals surface area contributed by atoms with E-state index in [1.165, 1.54) is 11.0 Å². The molecule has 4 rings (SSSR count). The molecule has 27 heavy (non-hydrogen) atoms. The zero-order chi connectivity index (χ0) is 19.1. The van der Waals surface area contributed by atoms with E-state index >= 15 is 0 Å². The second-order valence-electron chi connectivity index (χ2n) is 7.13. The SMILES string of the molecule is CC(C)n1c(C2CCN(C(=O)c3c(F)cccc3F)C2)nc2ccncc21. The highest BCUT2D eigenvalue weighted by Gasteiger charge is 2.33. The predicted molar refractivity (Wildman–Crippen MR) is 97.5 cm³/mol. The number of carbonyl (C=O) groups is 1. The maximum Gasteiger partial charge on any atom is 0.259 e. The lowest BCUT2D eigenvalue weighted by atomic mass is 10.1. The van der Waals surface area contributed by atoms with E-state index in [4.69, 9.17) is 4.98 Å². The highest BCUT2D eigenvalue weighted by molar-refractivity contribution is 5.95. The van der Waals surface area contributed by atoms with Crippen LogP contribution in [0.4, 0.5) is 8.78 Å². The summed E-state index contributed by atoms with van der Waals surface area (Å²) < 4.78 is 30.1. The van der Waals surface area contributed by atoms with Gasteiger partial charge in [0.05, 0.1) is 17.2 Å². The monoisotopic (exact) mass is 370 g/mol. The number of nitrogens with zero attached hydrogens (tertiary/aromatic N) is 4. The molecule has 3 aromatic rings. The summed E-state index contributed by atoms with van der Waals surface area (Å²) in [6.07, 6.45) is 4.19. The standard InChI is InChI=1S/C20H20F2N4O/c1-12(2)26-17-10-23-8-6-16(17)24-19(26)13-7-9-25(11-13)20(27)18-14(21)4-3-5-15(18)22/h3-6,8,10,12-13H,7,9,11H2,1-2H3. The lowest BCUT2D eigenvalue weighted by Crippen LogP contribution is -2.30. The van der Waals surface area contributed by atoms with Crippen molar-refractivity contribution in [2.45, 2.75) is 32.2 Å².